The van der Waals surface area contributed by atoms with Crippen LogP contribution in [0, 0.1) is 6.92 Å². The van der Waals surface area contributed by atoms with Crippen molar-refractivity contribution in [2.75, 3.05) is 0 Å². The summed E-state index contributed by atoms with van der Waals surface area (Å²) in [6.07, 6.45) is 3.70. The van der Waals surface area contributed by atoms with Crippen molar-refractivity contribution in [2.45, 2.75) is 6.92 Å². The van der Waals surface area contributed by atoms with E-state index in [9.17, 15) is 0 Å². The SMILES string of the molecule is Cc1ccc(-c2ccc(-c3cccc(-c4ccccn4)c3)c3ncccc23)cc1. The van der Waals surface area contributed by atoms with Crippen LogP contribution in [0.15, 0.2) is 103 Å². The third kappa shape index (κ3) is 3.30. The summed E-state index contributed by atoms with van der Waals surface area (Å²) in [6, 6.07) is 31.7. The molecule has 0 N–H and O–H groups in total. The lowest BCUT2D eigenvalue weighted by molar-refractivity contribution is 1.33. The van der Waals surface area contributed by atoms with Gasteiger partial charge in [-0.1, -0.05) is 72.3 Å². The van der Waals surface area contributed by atoms with Crippen LogP contribution in [0.5, 0.6) is 0 Å². The van der Waals surface area contributed by atoms with Gasteiger partial charge in [0.25, 0.3) is 0 Å². The summed E-state index contributed by atoms with van der Waals surface area (Å²) in [4.78, 5) is 9.24. The molecule has 5 rings (SSSR count). The first kappa shape index (κ1) is 17.3. The highest BCUT2D eigenvalue weighted by Crippen LogP contribution is 2.35. The van der Waals surface area contributed by atoms with Crippen molar-refractivity contribution >= 4 is 10.9 Å². The van der Waals surface area contributed by atoms with Gasteiger partial charge in [0.05, 0.1) is 11.2 Å². The zero-order chi connectivity index (χ0) is 19.6. The number of hydrogen-bond donors (Lipinski definition) is 0. The number of aromatic nitrogens is 2. The number of nitrogens with zero attached hydrogens (tertiary/aromatic N) is 2. The third-order valence-electron chi connectivity index (χ3n) is 5.27. The summed E-state index contributed by atoms with van der Waals surface area (Å²) < 4.78 is 0. The Balaban J connectivity index is 1.68. The quantitative estimate of drug-likeness (QED) is 0.343. The molecule has 0 saturated carbocycles. The van der Waals surface area contributed by atoms with Gasteiger partial charge < -0.3 is 0 Å². The predicted octanol–water partition coefficient (Wildman–Crippen LogP) is 6.94. The predicted molar refractivity (Wildman–Crippen MR) is 121 cm³/mol. The van der Waals surface area contributed by atoms with Gasteiger partial charge >= 0.3 is 0 Å². The molecule has 0 fully saturated rings. The Bertz CT molecular complexity index is 1290. The van der Waals surface area contributed by atoms with Crippen molar-refractivity contribution in [3.8, 4) is 33.5 Å². The van der Waals surface area contributed by atoms with Gasteiger partial charge in [0.15, 0.2) is 0 Å². The fraction of sp³-hybridized carbons (Fsp3) is 0.0370. The molecular weight excluding hydrogens is 352 g/mol. The zero-order valence-corrected chi connectivity index (χ0v) is 16.2. The van der Waals surface area contributed by atoms with E-state index in [1.807, 2.05) is 36.7 Å². The van der Waals surface area contributed by atoms with Crippen molar-refractivity contribution in [3.05, 3.63) is 109 Å². The highest BCUT2D eigenvalue weighted by Gasteiger charge is 2.11. The Hall–Kier alpha value is -3.78. The first-order valence-electron chi connectivity index (χ1n) is 9.76. The molecule has 2 heteroatoms. The van der Waals surface area contributed by atoms with E-state index in [0.29, 0.717) is 0 Å². The van der Waals surface area contributed by atoms with Crippen LogP contribution in [0.3, 0.4) is 0 Å². The molecule has 0 aliphatic heterocycles. The molecule has 3 aromatic carbocycles. The molecule has 0 amide bonds. The van der Waals surface area contributed by atoms with Crippen LogP contribution in [-0.2, 0) is 0 Å². The molecule has 5 aromatic rings. The van der Waals surface area contributed by atoms with E-state index >= 15 is 0 Å². The standard InChI is InChI=1S/C27H20N2/c1-19-10-12-20(13-11-19)23-14-15-24(27-25(23)8-5-17-29-27)21-6-4-7-22(18-21)26-9-2-3-16-28-26/h2-18H,1H3. The van der Waals surface area contributed by atoms with Crippen molar-refractivity contribution in [1.29, 1.82) is 0 Å². The van der Waals surface area contributed by atoms with E-state index in [-0.39, 0.29) is 0 Å². The van der Waals surface area contributed by atoms with Crippen molar-refractivity contribution in [2.24, 2.45) is 0 Å². The molecule has 2 nitrogen and oxygen atoms in total. The highest BCUT2D eigenvalue weighted by atomic mass is 14.7. The van der Waals surface area contributed by atoms with E-state index < -0.39 is 0 Å². The van der Waals surface area contributed by atoms with E-state index in [1.165, 1.54) is 16.7 Å². The summed E-state index contributed by atoms with van der Waals surface area (Å²) in [6.45, 7) is 2.11. The molecule has 0 aliphatic carbocycles. The number of fused-ring (bicyclic) bond motifs is 1. The molecule has 29 heavy (non-hydrogen) atoms. The maximum atomic E-state index is 4.75. The largest absolute Gasteiger partial charge is 0.256 e. The third-order valence-corrected chi connectivity index (χ3v) is 5.27. The first-order valence-corrected chi connectivity index (χ1v) is 9.76. The van der Waals surface area contributed by atoms with Crippen molar-refractivity contribution < 1.29 is 0 Å². The number of pyridine rings is 2. The van der Waals surface area contributed by atoms with Gasteiger partial charge in [-0.25, -0.2) is 0 Å². The Labute approximate surface area is 170 Å². The molecule has 0 spiro atoms. The normalized spacial score (nSPS) is 10.9. The molecule has 138 valence electrons. The van der Waals surface area contributed by atoms with Crippen LogP contribution in [0.4, 0.5) is 0 Å². The maximum absolute atomic E-state index is 4.75. The Kier molecular flexibility index (Phi) is 4.38. The van der Waals surface area contributed by atoms with Crippen molar-refractivity contribution in [3.63, 3.8) is 0 Å². The average molecular weight is 372 g/mol. The van der Waals surface area contributed by atoms with Crippen LogP contribution in [0.1, 0.15) is 5.56 Å². The fourth-order valence-electron chi connectivity index (χ4n) is 3.77. The monoisotopic (exact) mass is 372 g/mol. The van der Waals surface area contributed by atoms with Crippen LogP contribution >= 0.6 is 0 Å². The number of aryl methyl sites for hydroxylation is 1. The molecular formula is C27H20N2. The van der Waals surface area contributed by atoms with Gasteiger partial charge in [-0.3, -0.25) is 9.97 Å². The number of hydrogen-bond acceptors (Lipinski definition) is 2. The van der Waals surface area contributed by atoms with Gasteiger partial charge in [0.2, 0.25) is 0 Å². The van der Waals surface area contributed by atoms with E-state index in [2.05, 4.69) is 78.6 Å². The van der Waals surface area contributed by atoms with Crippen LogP contribution in [-0.4, -0.2) is 9.97 Å². The van der Waals surface area contributed by atoms with E-state index in [0.717, 1.165) is 33.3 Å². The van der Waals surface area contributed by atoms with Crippen LogP contribution in [0.2, 0.25) is 0 Å². The van der Waals surface area contributed by atoms with Gasteiger partial charge in [-0.15, -0.1) is 0 Å². The summed E-state index contributed by atoms with van der Waals surface area (Å²) in [7, 11) is 0. The topological polar surface area (TPSA) is 25.8 Å². The van der Waals surface area contributed by atoms with Crippen LogP contribution < -0.4 is 0 Å². The lowest BCUT2D eigenvalue weighted by Crippen LogP contribution is -1.89. The second-order valence-electron chi connectivity index (χ2n) is 7.22. The molecule has 0 unspecified atom stereocenters. The smallest absolute Gasteiger partial charge is 0.0786 e. The zero-order valence-electron chi connectivity index (χ0n) is 16.2. The second kappa shape index (κ2) is 7.33. The van der Waals surface area contributed by atoms with Gasteiger partial charge in [0, 0.05) is 28.9 Å². The molecule has 0 atom stereocenters. The Morgan fingerprint density at radius 3 is 2.17 bits per heavy atom. The molecule has 2 aromatic heterocycles. The lowest BCUT2D eigenvalue weighted by atomic mass is 9.93. The summed E-state index contributed by atoms with van der Waals surface area (Å²) in [5.74, 6) is 0. The average Bonchev–Trinajstić information content (AvgIpc) is 2.80. The number of rotatable bonds is 3. The maximum Gasteiger partial charge on any atom is 0.0786 e. The molecule has 0 saturated heterocycles. The molecule has 0 bridgehead atoms. The minimum Gasteiger partial charge on any atom is -0.256 e. The Morgan fingerprint density at radius 1 is 0.552 bits per heavy atom. The molecule has 0 radical (unpaired) electrons. The van der Waals surface area contributed by atoms with Gasteiger partial charge in [-0.2, -0.15) is 0 Å². The molecule has 2 heterocycles. The lowest BCUT2D eigenvalue weighted by Gasteiger charge is -2.12. The summed E-state index contributed by atoms with van der Waals surface area (Å²) in [5.41, 5.74) is 9.06. The van der Waals surface area contributed by atoms with Crippen LogP contribution in [0.25, 0.3) is 44.4 Å². The fourth-order valence-corrected chi connectivity index (χ4v) is 3.77. The Morgan fingerprint density at radius 2 is 1.34 bits per heavy atom. The minimum absolute atomic E-state index is 0.975. The van der Waals surface area contributed by atoms with Crippen molar-refractivity contribution in [1.82, 2.24) is 9.97 Å². The van der Waals surface area contributed by atoms with Gasteiger partial charge in [0.1, 0.15) is 0 Å². The van der Waals surface area contributed by atoms with Gasteiger partial charge in [-0.05, 0) is 47.9 Å². The minimum atomic E-state index is 0.975. The highest BCUT2D eigenvalue weighted by molar-refractivity contribution is 6.02. The summed E-state index contributed by atoms with van der Waals surface area (Å²) in [5, 5.41) is 1.16. The first-order chi connectivity index (χ1) is 14.3. The van der Waals surface area contributed by atoms with E-state index in [4.69, 9.17) is 4.98 Å². The summed E-state index contributed by atoms with van der Waals surface area (Å²) >= 11 is 0. The number of benzene rings is 3. The molecule has 0 aliphatic rings. The van der Waals surface area contributed by atoms with E-state index in [1.54, 1.807) is 0 Å². The second-order valence-corrected chi connectivity index (χ2v) is 7.22.